The predicted octanol–water partition coefficient (Wildman–Crippen LogP) is 6.12. The lowest BCUT2D eigenvalue weighted by Gasteiger charge is -2.38. The summed E-state index contributed by atoms with van der Waals surface area (Å²) in [6.45, 7) is 2.42. The van der Waals surface area contributed by atoms with E-state index in [0.29, 0.717) is 35.7 Å². The molecule has 3 atom stereocenters. The number of carboxylic acid groups (broad SMARTS) is 1. The van der Waals surface area contributed by atoms with Gasteiger partial charge in [-0.2, -0.15) is 0 Å². The Hall–Kier alpha value is -1.91. The highest BCUT2D eigenvalue weighted by Gasteiger charge is 2.31. The molecule has 0 amide bonds. The highest BCUT2D eigenvalue weighted by molar-refractivity contribution is 8.01. The molecule has 10 heteroatoms. The van der Waals surface area contributed by atoms with Gasteiger partial charge in [0.1, 0.15) is 11.6 Å². The molecule has 1 aliphatic heterocycles. The van der Waals surface area contributed by atoms with E-state index in [1.165, 1.54) is 16.7 Å². The number of aliphatic hydroxyl groups excluding tert-OH is 1. The molecule has 6 nitrogen and oxygen atoms in total. The number of aliphatic carboxylic acids is 1. The summed E-state index contributed by atoms with van der Waals surface area (Å²) in [6, 6.07) is 7.04. The van der Waals surface area contributed by atoms with Gasteiger partial charge in [0.25, 0.3) is 0 Å². The van der Waals surface area contributed by atoms with Gasteiger partial charge in [-0.3, -0.25) is 9.78 Å². The third-order valence-electron chi connectivity index (χ3n) is 6.82. The molecule has 1 aromatic carbocycles. The number of aromatic nitrogens is 1. The highest BCUT2D eigenvalue weighted by atomic mass is 35.5. The topological polar surface area (TPSA) is 82.9 Å². The number of hydrogen-bond donors (Lipinski definition) is 2. The number of aliphatic hydroxyl groups is 1. The maximum atomic E-state index is 13.2. The predicted molar refractivity (Wildman–Crippen MR) is 143 cm³/mol. The van der Waals surface area contributed by atoms with E-state index in [1.54, 1.807) is 31.1 Å². The maximum absolute atomic E-state index is 13.2. The lowest BCUT2D eigenvalue weighted by molar-refractivity contribution is -0.139. The summed E-state index contributed by atoms with van der Waals surface area (Å²) < 4.78 is 19.5. The number of nitrogens with zero attached hydrogens (tertiary/aromatic N) is 2. The number of methoxy groups -OCH3 is 1. The summed E-state index contributed by atoms with van der Waals surface area (Å²) in [6.07, 6.45) is 2.94. The Labute approximate surface area is 223 Å². The van der Waals surface area contributed by atoms with E-state index >= 15 is 0 Å². The molecule has 2 aromatic heterocycles. The van der Waals surface area contributed by atoms with Crippen LogP contribution in [-0.4, -0.2) is 58.6 Å². The number of carboxylic acids is 1. The van der Waals surface area contributed by atoms with E-state index in [4.69, 9.17) is 16.3 Å². The van der Waals surface area contributed by atoms with Gasteiger partial charge in [0, 0.05) is 47.8 Å². The Kier molecular flexibility index (Phi) is 9.47. The summed E-state index contributed by atoms with van der Waals surface area (Å²) in [7, 11) is 1.59. The van der Waals surface area contributed by atoms with Gasteiger partial charge in [0.15, 0.2) is 0 Å². The standard InChI is InChI=1S/C26H30ClFN2O4S2/c1-34-19-3-4-22-20(12-19)26(21(27)13-29-22)23(31)5-2-16-6-7-30(14-17(16)10-24(32)33)8-9-35-25-11-18(28)15-36-25/h3-4,11-13,15-17,23,31H,2,5-10,14H2,1H3,(H,32,33). The van der Waals surface area contributed by atoms with Crippen LogP contribution in [0.2, 0.25) is 5.02 Å². The molecule has 194 valence electrons. The number of benzene rings is 1. The first-order chi connectivity index (χ1) is 17.3. The molecule has 1 saturated heterocycles. The number of piperidine rings is 1. The number of rotatable bonds is 11. The van der Waals surface area contributed by atoms with E-state index in [9.17, 15) is 19.4 Å². The summed E-state index contributed by atoms with van der Waals surface area (Å²) in [5, 5.41) is 23.3. The Morgan fingerprint density at radius 3 is 2.94 bits per heavy atom. The van der Waals surface area contributed by atoms with Crippen molar-refractivity contribution in [2.45, 2.75) is 36.0 Å². The zero-order valence-corrected chi connectivity index (χ0v) is 22.4. The minimum absolute atomic E-state index is 0.0115. The molecule has 0 spiro atoms. The average Bonchev–Trinajstić information content (AvgIpc) is 3.27. The van der Waals surface area contributed by atoms with Crippen molar-refractivity contribution < 1.29 is 24.1 Å². The molecular weight excluding hydrogens is 523 g/mol. The van der Waals surface area contributed by atoms with Crippen LogP contribution in [0.5, 0.6) is 5.75 Å². The number of halogens is 2. The van der Waals surface area contributed by atoms with Gasteiger partial charge >= 0.3 is 5.97 Å². The number of ether oxygens (including phenoxy) is 1. The van der Waals surface area contributed by atoms with Crippen molar-refractivity contribution >= 4 is 51.6 Å². The summed E-state index contributed by atoms with van der Waals surface area (Å²) >= 11 is 9.49. The van der Waals surface area contributed by atoms with Crippen molar-refractivity contribution in [1.29, 1.82) is 0 Å². The summed E-state index contributed by atoms with van der Waals surface area (Å²) in [5.41, 5.74) is 1.37. The van der Waals surface area contributed by atoms with Crippen LogP contribution in [0.1, 0.15) is 37.4 Å². The normalized spacial score (nSPS) is 19.4. The number of thioether (sulfide) groups is 1. The minimum atomic E-state index is -0.800. The Morgan fingerprint density at radius 2 is 2.22 bits per heavy atom. The Bertz CT molecular complexity index is 1190. The van der Waals surface area contributed by atoms with Crippen LogP contribution in [0.25, 0.3) is 10.9 Å². The van der Waals surface area contributed by atoms with Gasteiger partial charge in [-0.25, -0.2) is 4.39 Å². The third kappa shape index (κ3) is 6.89. The van der Waals surface area contributed by atoms with Crippen LogP contribution in [0.3, 0.4) is 0 Å². The average molecular weight is 553 g/mol. The monoisotopic (exact) mass is 552 g/mol. The van der Waals surface area contributed by atoms with Crippen LogP contribution in [0.15, 0.2) is 40.1 Å². The maximum Gasteiger partial charge on any atom is 0.303 e. The Morgan fingerprint density at radius 1 is 1.39 bits per heavy atom. The van der Waals surface area contributed by atoms with Gasteiger partial charge in [-0.05, 0) is 61.9 Å². The molecule has 2 N–H and O–H groups in total. The van der Waals surface area contributed by atoms with Gasteiger partial charge in [-0.1, -0.05) is 11.6 Å². The van der Waals surface area contributed by atoms with Crippen LogP contribution in [-0.2, 0) is 4.79 Å². The summed E-state index contributed by atoms with van der Waals surface area (Å²) in [4.78, 5) is 18.3. The second kappa shape index (κ2) is 12.6. The van der Waals surface area contributed by atoms with Gasteiger partial charge in [0.2, 0.25) is 0 Å². The second-order valence-corrected chi connectivity index (χ2v) is 11.8. The zero-order valence-electron chi connectivity index (χ0n) is 20.0. The number of hydrogen-bond acceptors (Lipinski definition) is 7. The number of carbonyl (C=O) groups is 1. The third-order valence-corrected chi connectivity index (χ3v) is 9.25. The van der Waals surface area contributed by atoms with Crippen molar-refractivity contribution in [3.63, 3.8) is 0 Å². The molecule has 0 radical (unpaired) electrons. The van der Waals surface area contributed by atoms with E-state index in [1.807, 2.05) is 18.2 Å². The molecule has 36 heavy (non-hydrogen) atoms. The fourth-order valence-electron chi connectivity index (χ4n) is 4.99. The van der Waals surface area contributed by atoms with E-state index < -0.39 is 12.1 Å². The molecule has 3 unspecified atom stereocenters. The van der Waals surface area contributed by atoms with Crippen LogP contribution < -0.4 is 4.74 Å². The molecule has 3 heterocycles. The number of fused-ring (bicyclic) bond motifs is 1. The smallest absolute Gasteiger partial charge is 0.303 e. The van der Waals surface area contributed by atoms with Crippen LogP contribution >= 0.6 is 34.7 Å². The summed E-state index contributed by atoms with van der Waals surface area (Å²) in [5.74, 6) is 0.708. The van der Waals surface area contributed by atoms with E-state index in [-0.39, 0.29) is 24.1 Å². The lowest BCUT2D eigenvalue weighted by Crippen LogP contribution is -2.42. The van der Waals surface area contributed by atoms with E-state index in [2.05, 4.69) is 9.88 Å². The first-order valence-corrected chi connectivity index (χ1v) is 14.2. The number of pyridine rings is 1. The molecule has 0 aliphatic carbocycles. The minimum Gasteiger partial charge on any atom is -0.497 e. The second-order valence-electron chi connectivity index (χ2n) is 9.14. The van der Waals surface area contributed by atoms with Crippen molar-refractivity contribution in [2.75, 3.05) is 32.5 Å². The fourth-order valence-corrected chi connectivity index (χ4v) is 7.16. The van der Waals surface area contributed by atoms with Gasteiger partial charge in [-0.15, -0.1) is 23.1 Å². The van der Waals surface area contributed by atoms with Crippen LogP contribution in [0.4, 0.5) is 4.39 Å². The molecular formula is C26H30ClFN2O4S2. The fraction of sp³-hybridized carbons (Fsp3) is 0.462. The number of likely N-dealkylation sites (tertiary alicyclic amines) is 1. The van der Waals surface area contributed by atoms with Gasteiger partial charge < -0.3 is 19.8 Å². The molecule has 0 bridgehead atoms. The molecule has 3 aromatic rings. The molecule has 1 fully saturated rings. The molecule has 4 rings (SSSR count). The van der Waals surface area contributed by atoms with Crippen molar-refractivity contribution in [3.8, 4) is 5.75 Å². The van der Waals surface area contributed by atoms with Crippen molar-refractivity contribution in [3.05, 3.63) is 52.2 Å². The van der Waals surface area contributed by atoms with Crippen LogP contribution in [0, 0.1) is 17.7 Å². The first kappa shape index (κ1) is 27.1. The molecule has 1 aliphatic rings. The SMILES string of the molecule is COc1ccc2ncc(Cl)c(C(O)CCC3CCN(CCSc4cc(F)cs4)CC3CC(=O)O)c2c1. The van der Waals surface area contributed by atoms with Crippen molar-refractivity contribution in [2.24, 2.45) is 11.8 Å². The zero-order chi connectivity index (χ0) is 25.7. The highest BCUT2D eigenvalue weighted by Crippen LogP contribution is 2.37. The molecule has 0 saturated carbocycles. The quantitative estimate of drug-likeness (QED) is 0.277. The lowest BCUT2D eigenvalue weighted by atomic mass is 9.79. The van der Waals surface area contributed by atoms with Crippen molar-refractivity contribution in [1.82, 2.24) is 9.88 Å². The Balaban J connectivity index is 1.38. The first-order valence-electron chi connectivity index (χ1n) is 11.9. The van der Waals surface area contributed by atoms with E-state index in [0.717, 1.165) is 40.4 Å². The van der Waals surface area contributed by atoms with Gasteiger partial charge in [0.05, 0.1) is 28.0 Å². The largest absolute Gasteiger partial charge is 0.497 e. The number of thiophene rings is 1.